The molecule has 0 saturated heterocycles. The maximum absolute atomic E-state index is 12.4. The summed E-state index contributed by atoms with van der Waals surface area (Å²) in [5.41, 5.74) is 1.58. The molecule has 0 atom stereocenters. The molecule has 32 heavy (non-hydrogen) atoms. The van der Waals surface area contributed by atoms with Gasteiger partial charge in [-0.1, -0.05) is 18.2 Å². The summed E-state index contributed by atoms with van der Waals surface area (Å²) in [4.78, 5) is 36.2. The van der Waals surface area contributed by atoms with Crippen molar-refractivity contribution in [1.82, 2.24) is 5.32 Å². The van der Waals surface area contributed by atoms with E-state index in [4.69, 9.17) is 9.47 Å². The number of hydrogen-bond donors (Lipinski definition) is 3. The molecule has 0 fully saturated rings. The van der Waals surface area contributed by atoms with Gasteiger partial charge in [-0.05, 0) is 60.7 Å². The minimum Gasteiger partial charge on any atom is -0.497 e. The fraction of sp³-hybridized carbons (Fsp3) is 0.125. The molecule has 3 amide bonds. The zero-order valence-corrected chi connectivity index (χ0v) is 17.5. The molecule has 0 aliphatic carbocycles. The standard InChI is InChI=1S/C24H23N3O5/c1-31-20-13-11-19(12-14-20)27-24(30)17-7-9-18(10-8-17)26-22(28)15-25-23(29)16-32-21-5-3-2-4-6-21/h2-14H,15-16H2,1H3,(H,25,29)(H,26,28)(H,27,30). The van der Waals surface area contributed by atoms with Gasteiger partial charge in [-0.2, -0.15) is 0 Å². The predicted octanol–water partition coefficient (Wildman–Crippen LogP) is 3.08. The zero-order chi connectivity index (χ0) is 22.8. The lowest BCUT2D eigenvalue weighted by molar-refractivity contribution is -0.125. The van der Waals surface area contributed by atoms with Crippen molar-refractivity contribution in [3.05, 3.63) is 84.4 Å². The Morgan fingerprint density at radius 2 is 1.34 bits per heavy atom. The lowest BCUT2D eigenvalue weighted by atomic mass is 10.2. The molecule has 3 rings (SSSR count). The quantitative estimate of drug-likeness (QED) is 0.481. The summed E-state index contributed by atoms with van der Waals surface area (Å²) in [7, 11) is 1.57. The molecule has 3 aromatic rings. The van der Waals surface area contributed by atoms with Crippen molar-refractivity contribution in [2.24, 2.45) is 0 Å². The Morgan fingerprint density at radius 1 is 0.719 bits per heavy atom. The van der Waals surface area contributed by atoms with Crippen LogP contribution in [0, 0.1) is 0 Å². The van der Waals surface area contributed by atoms with Gasteiger partial charge in [0.05, 0.1) is 13.7 Å². The third kappa shape index (κ3) is 6.88. The van der Waals surface area contributed by atoms with Crippen LogP contribution in [0.15, 0.2) is 78.9 Å². The Labute approximate surface area is 185 Å². The third-order valence-corrected chi connectivity index (χ3v) is 4.34. The molecular weight excluding hydrogens is 410 g/mol. The first-order chi connectivity index (χ1) is 15.5. The molecular formula is C24H23N3O5. The fourth-order valence-electron chi connectivity index (χ4n) is 2.68. The van der Waals surface area contributed by atoms with E-state index in [9.17, 15) is 14.4 Å². The van der Waals surface area contributed by atoms with E-state index in [-0.39, 0.29) is 19.1 Å². The number of carbonyl (C=O) groups excluding carboxylic acids is 3. The molecule has 0 radical (unpaired) electrons. The van der Waals surface area contributed by atoms with Crippen molar-refractivity contribution in [1.29, 1.82) is 0 Å². The van der Waals surface area contributed by atoms with Crippen molar-refractivity contribution in [3.8, 4) is 11.5 Å². The summed E-state index contributed by atoms with van der Waals surface area (Å²) >= 11 is 0. The van der Waals surface area contributed by atoms with Crippen LogP contribution in [0.1, 0.15) is 10.4 Å². The summed E-state index contributed by atoms with van der Waals surface area (Å²) in [5.74, 6) is 0.188. The highest BCUT2D eigenvalue weighted by molar-refractivity contribution is 6.04. The number of methoxy groups -OCH3 is 1. The van der Waals surface area contributed by atoms with Crippen LogP contribution in [-0.4, -0.2) is 38.0 Å². The molecule has 8 heteroatoms. The Bertz CT molecular complexity index is 1050. The smallest absolute Gasteiger partial charge is 0.258 e. The highest BCUT2D eigenvalue weighted by atomic mass is 16.5. The Balaban J connectivity index is 1.42. The number of carbonyl (C=O) groups is 3. The number of nitrogens with one attached hydrogen (secondary N) is 3. The summed E-state index contributed by atoms with van der Waals surface area (Å²) in [6.07, 6.45) is 0. The van der Waals surface area contributed by atoms with Crippen molar-refractivity contribution < 1.29 is 23.9 Å². The fourth-order valence-corrected chi connectivity index (χ4v) is 2.68. The summed E-state index contributed by atoms with van der Waals surface area (Å²) in [5, 5.41) is 7.93. The van der Waals surface area contributed by atoms with Gasteiger partial charge in [-0.3, -0.25) is 14.4 Å². The molecule has 0 bridgehead atoms. The molecule has 3 aromatic carbocycles. The Kier molecular flexibility index (Phi) is 7.80. The SMILES string of the molecule is COc1ccc(NC(=O)c2ccc(NC(=O)CNC(=O)COc3ccccc3)cc2)cc1. The van der Waals surface area contributed by atoms with Crippen molar-refractivity contribution >= 4 is 29.1 Å². The highest BCUT2D eigenvalue weighted by Crippen LogP contribution is 2.17. The zero-order valence-electron chi connectivity index (χ0n) is 17.5. The van der Waals surface area contributed by atoms with Crippen LogP contribution in [-0.2, 0) is 9.59 Å². The van der Waals surface area contributed by atoms with E-state index in [0.717, 1.165) is 0 Å². The molecule has 0 aliphatic rings. The van der Waals surface area contributed by atoms with Crippen LogP contribution in [0.2, 0.25) is 0 Å². The van der Waals surface area contributed by atoms with Crippen LogP contribution in [0.4, 0.5) is 11.4 Å². The van der Waals surface area contributed by atoms with Gasteiger partial charge in [0.25, 0.3) is 11.8 Å². The molecule has 0 aromatic heterocycles. The maximum Gasteiger partial charge on any atom is 0.258 e. The second kappa shape index (κ2) is 11.2. The lowest BCUT2D eigenvalue weighted by Gasteiger charge is -2.09. The second-order valence-corrected chi connectivity index (χ2v) is 6.69. The number of para-hydroxylation sites is 1. The monoisotopic (exact) mass is 433 g/mol. The van der Waals surface area contributed by atoms with Crippen LogP contribution in [0.3, 0.4) is 0 Å². The van der Waals surface area contributed by atoms with Crippen molar-refractivity contribution in [2.75, 3.05) is 30.9 Å². The summed E-state index contributed by atoms with van der Waals surface area (Å²) in [6, 6.07) is 22.3. The first kappa shape index (κ1) is 22.4. The van der Waals surface area contributed by atoms with Crippen LogP contribution in [0.25, 0.3) is 0 Å². The van der Waals surface area contributed by atoms with E-state index in [1.54, 1.807) is 79.9 Å². The van der Waals surface area contributed by atoms with Crippen molar-refractivity contribution in [3.63, 3.8) is 0 Å². The molecule has 8 nitrogen and oxygen atoms in total. The van der Waals surface area contributed by atoms with E-state index in [0.29, 0.717) is 28.4 Å². The molecule has 0 spiro atoms. The minimum absolute atomic E-state index is 0.185. The molecule has 0 unspecified atom stereocenters. The van der Waals surface area contributed by atoms with E-state index >= 15 is 0 Å². The van der Waals surface area contributed by atoms with Crippen LogP contribution >= 0.6 is 0 Å². The molecule has 0 saturated carbocycles. The Hall–Kier alpha value is -4.33. The lowest BCUT2D eigenvalue weighted by Crippen LogP contribution is -2.35. The number of anilines is 2. The van der Waals surface area contributed by atoms with Crippen LogP contribution < -0.4 is 25.4 Å². The van der Waals surface area contributed by atoms with E-state index in [1.807, 2.05) is 6.07 Å². The van der Waals surface area contributed by atoms with Gasteiger partial charge in [0.15, 0.2) is 6.61 Å². The highest BCUT2D eigenvalue weighted by Gasteiger charge is 2.09. The van der Waals surface area contributed by atoms with E-state index in [2.05, 4.69) is 16.0 Å². The largest absolute Gasteiger partial charge is 0.497 e. The topological polar surface area (TPSA) is 106 Å². The van der Waals surface area contributed by atoms with Gasteiger partial charge >= 0.3 is 0 Å². The van der Waals surface area contributed by atoms with Gasteiger partial charge in [-0.15, -0.1) is 0 Å². The number of hydrogen-bond acceptors (Lipinski definition) is 5. The third-order valence-electron chi connectivity index (χ3n) is 4.34. The molecule has 3 N–H and O–H groups in total. The van der Waals surface area contributed by atoms with Gasteiger partial charge in [0, 0.05) is 16.9 Å². The maximum atomic E-state index is 12.4. The average molecular weight is 433 g/mol. The molecule has 164 valence electrons. The first-order valence-corrected chi connectivity index (χ1v) is 9.83. The average Bonchev–Trinajstić information content (AvgIpc) is 2.83. The first-order valence-electron chi connectivity index (χ1n) is 9.83. The number of ether oxygens (including phenoxy) is 2. The van der Waals surface area contributed by atoms with Gasteiger partial charge in [0.2, 0.25) is 5.91 Å². The van der Waals surface area contributed by atoms with Gasteiger partial charge in [-0.25, -0.2) is 0 Å². The van der Waals surface area contributed by atoms with Crippen LogP contribution in [0.5, 0.6) is 11.5 Å². The van der Waals surface area contributed by atoms with Gasteiger partial charge < -0.3 is 25.4 Å². The van der Waals surface area contributed by atoms with Gasteiger partial charge in [0.1, 0.15) is 11.5 Å². The van der Waals surface area contributed by atoms with E-state index < -0.39 is 11.8 Å². The molecule has 0 aliphatic heterocycles. The predicted molar refractivity (Wildman–Crippen MR) is 121 cm³/mol. The normalized spacial score (nSPS) is 10.0. The molecule has 0 heterocycles. The summed E-state index contributed by atoms with van der Waals surface area (Å²) < 4.78 is 10.4. The number of rotatable bonds is 9. The Morgan fingerprint density at radius 3 is 2.00 bits per heavy atom. The van der Waals surface area contributed by atoms with Crippen molar-refractivity contribution in [2.45, 2.75) is 0 Å². The second-order valence-electron chi connectivity index (χ2n) is 6.69. The van der Waals surface area contributed by atoms with E-state index in [1.165, 1.54) is 0 Å². The number of benzene rings is 3. The minimum atomic E-state index is -0.408. The summed E-state index contributed by atoms with van der Waals surface area (Å²) in [6.45, 7) is -0.383. The number of amides is 3.